The van der Waals surface area contributed by atoms with Gasteiger partial charge in [-0.1, -0.05) is 0 Å². The highest BCUT2D eigenvalue weighted by molar-refractivity contribution is 4.93. The van der Waals surface area contributed by atoms with Crippen LogP contribution < -0.4 is 0 Å². The van der Waals surface area contributed by atoms with Gasteiger partial charge in [-0.2, -0.15) is 0 Å². The Morgan fingerprint density at radius 1 is 1.07 bits per heavy atom. The summed E-state index contributed by atoms with van der Waals surface area (Å²) in [6.45, 7) is -0.0347. The number of piperidine rings is 1. The fraction of sp³-hybridized carbons (Fsp3) is 1.00. The van der Waals surface area contributed by atoms with E-state index in [-0.39, 0.29) is 26.3 Å². The Balaban J connectivity index is 2.66. The first-order valence-electron chi connectivity index (χ1n) is 4.61. The van der Waals surface area contributed by atoms with Crippen LogP contribution in [0.1, 0.15) is 0 Å². The van der Waals surface area contributed by atoms with Crippen LogP contribution in [-0.4, -0.2) is 81.1 Å². The second-order valence-electron chi connectivity index (χ2n) is 3.52. The van der Waals surface area contributed by atoms with Crippen molar-refractivity contribution in [3.63, 3.8) is 0 Å². The van der Waals surface area contributed by atoms with Crippen LogP contribution in [0.25, 0.3) is 0 Å². The van der Waals surface area contributed by atoms with Crippen LogP contribution in [0.2, 0.25) is 0 Å². The quantitative estimate of drug-likeness (QED) is 0.333. The molecule has 1 fully saturated rings. The SMILES string of the molecule is OCCN1CC(O)C(O)[C@H](O)[C@H]1CO. The minimum absolute atomic E-state index is 0.119. The van der Waals surface area contributed by atoms with Crippen molar-refractivity contribution in [2.45, 2.75) is 24.4 Å². The van der Waals surface area contributed by atoms with Crippen molar-refractivity contribution in [3.05, 3.63) is 0 Å². The van der Waals surface area contributed by atoms with Crippen LogP contribution in [0.15, 0.2) is 0 Å². The molecule has 2 unspecified atom stereocenters. The molecule has 4 atom stereocenters. The summed E-state index contributed by atoms with van der Waals surface area (Å²) in [7, 11) is 0. The number of hydrogen-bond acceptors (Lipinski definition) is 6. The molecular weight excluding hydrogens is 190 g/mol. The van der Waals surface area contributed by atoms with Crippen molar-refractivity contribution in [3.8, 4) is 0 Å². The fourth-order valence-electron chi connectivity index (χ4n) is 1.76. The van der Waals surface area contributed by atoms with E-state index in [2.05, 4.69) is 0 Å². The van der Waals surface area contributed by atoms with E-state index in [1.807, 2.05) is 0 Å². The molecule has 6 heteroatoms. The lowest BCUT2D eigenvalue weighted by Crippen LogP contribution is -2.62. The highest BCUT2D eigenvalue weighted by atomic mass is 16.4. The summed E-state index contributed by atoms with van der Waals surface area (Å²) in [5, 5.41) is 45.9. The molecule has 1 aliphatic rings. The second-order valence-corrected chi connectivity index (χ2v) is 3.52. The first-order chi connectivity index (χ1) is 6.61. The number of rotatable bonds is 3. The van der Waals surface area contributed by atoms with Crippen molar-refractivity contribution < 1.29 is 25.5 Å². The van der Waals surface area contributed by atoms with Gasteiger partial charge in [0.15, 0.2) is 0 Å². The average Bonchev–Trinajstić information content (AvgIpc) is 2.16. The van der Waals surface area contributed by atoms with Gasteiger partial charge in [0.05, 0.1) is 25.4 Å². The Morgan fingerprint density at radius 3 is 2.21 bits per heavy atom. The smallest absolute Gasteiger partial charge is 0.109 e. The van der Waals surface area contributed by atoms with Crippen LogP contribution in [0.4, 0.5) is 0 Å². The van der Waals surface area contributed by atoms with E-state index >= 15 is 0 Å². The Labute approximate surface area is 82.0 Å². The molecule has 1 rings (SSSR count). The van der Waals surface area contributed by atoms with Gasteiger partial charge in [-0.25, -0.2) is 0 Å². The topological polar surface area (TPSA) is 104 Å². The minimum atomic E-state index is -1.23. The van der Waals surface area contributed by atoms with Gasteiger partial charge in [0.1, 0.15) is 12.2 Å². The molecule has 0 saturated carbocycles. The standard InChI is InChI=1S/C8H17NO5/c10-2-1-9-3-6(12)8(14)7(13)5(9)4-11/h5-8,10-14H,1-4H2/t5-,6?,7-,8?/m1/s1. The lowest BCUT2D eigenvalue weighted by atomic mass is 9.94. The van der Waals surface area contributed by atoms with Crippen molar-refractivity contribution >= 4 is 0 Å². The van der Waals surface area contributed by atoms with Crippen molar-refractivity contribution in [1.29, 1.82) is 0 Å². The molecule has 0 amide bonds. The Kier molecular flexibility index (Phi) is 4.24. The zero-order valence-electron chi connectivity index (χ0n) is 7.82. The lowest BCUT2D eigenvalue weighted by molar-refractivity contribution is -0.146. The normalized spacial score (nSPS) is 40.1. The Bertz CT molecular complexity index is 179. The average molecular weight is 207 g/mol. The van der Waals surface area contributed by atoms with Crippen LogP contribution in [-0.2, 0) is 0 Å². The van der Waals surface area contributed by atoms with E-state index in [4.69, 9.17) is 10.2 Å². The maximum Gasteiger partial charge on any atom is 0.109 e. The Hall–Kier alpha value is -0.240. The van der Waals surface area contributed by atoms with Crippen LogP contribution >= 0.6 is 0 Å². The summed E-state index contributed by atoms with van der Waals surface area (Å²) >= 11 is 0. The third-order valence-electron chi connectivity index (χ3n) is 2.60. The predicted octanol–water partition coefficient (Wildman–Crippen LogP) is -3.26. The molecule has 0 aliphatic carbocycles. The summed E-state index contributed by atoms with van der Waals surface area (Å²) in [5.74, 6) is 0. The van der Waals surface area contributed by atoms with Gasteiger partial charge in [-0.15, -0.1) is 0 Å². The number of hydrogen-bond donors (Lipinski definition) is 5. The van der Waals surface area contributed by atoms with E-state index in [0.717, 1.165) is 0 Å². The van der Waals surface area contributed by atoms with Crippen LogP contribution in [0.5, 0.6) is 0 Å². The van der Waals surface area contributed by atoms with Gasteiger partial charge in [0.25, 0.3) is 0 Å². The molecule has 5 N–H and O–H groups in total. The number of likely N-dealkylation sites (tertiary alicyclic amines) is 1. The maximum absolute atomic E-state index is 9.51. The highest BCUT2D eigenvalue weighted by Gasteiger charge is 2.40. The molecule has 1 aliphatic heterocycles. The van der Waals surface area contributed by atoms with E-state index in [1.165, 1.54) is 0 Å². The van der Waals surface area contributed by atoms with Gasteiger partial charge in [0, 0.05) is 13.1 Å². The summed E-state index contributed by atoms with van der Waals surface area (Å²) in [5.41, 5.74) is 0. The monoisotopic (exact) mass is 207 g/mol. The largest absolute Gasteiger partial charge is 0.395 e. The second kappa shape index (κ2) is 5.01. The molecule has 0 aromatic carbocycles. The summed E-state index contributed by atoms with van der Waals surface area (Å²) in [4.78, 5) is 1.56. The zero-order valence-corrected chi connectivity index (χ0v) is 7.82. The molecule has 0 spiro atoms. The number of aliphatic hydroxyl groups excluding tert-OH is 5. The molecule has 1 heterocycles. The first-order valence-corrected chi connectivity index (χ1v) is 4.61. The lowest BCUT2D eigenvalue weighted by Gasteiger charge is -2.42. The van der Waals surface area contributed by atoms with Gasteiger partial charge >= 0.3 is 0 Å². The van der Waals surface area contributed by atoms with Crippen molar-refractivity contribution in [2.24, 2.45) is 0 Å². The maximum atomic E-state index is 9.51. The molecule has 1 saturated heterocycles. The minimum Gasteiger partial charge on any atom is -0.395 e. The number of aliphatic hydroxyl groups is 5. The van der Waals surface area contributed by atoms with Gasteiger partial charge in [-0.3, -0.25) is 4.90 Å². The number of β-amino-alcohol motifs (C(OH)–C–C–N with tert-alkyl or cyclic N) is 2. The predicted molar refractivity (Wildman–Crippen MR) is 47.6 cm³/mol. The molecule has 0 radical (unpaired) electrons. The zero-order chi connectivity index (χ0) is 10.7. The van der Waals surface area contributed by atoms with Gasteiger partial charge in [-0.05, 0) is 0 Å². The van der Waals surface area contributed by atoms with E-state index in [1.54, 1.807) is 4.90 Å². The first kappa shape index (κ1) is 11.8. The third-order valence-corrected chi connectivity index (χ3v) is 2.60. The molecule has 0 bridgehead atoms. The molecule has 84 valence electrons. The molecule has 14 heavy (non-hydrogen) atoms. The van der Waals surface area contributed by atoms with Gasteiger partial charge in [0.2, 0.25) is 0 Å². The van der Waals surface area contributed by atoms with Gasteiger partial charge < -0.3 is 25.5 Å². The van der Waals surface area contributed by atoms with Crippen LogP contribution in [0.3, 0.4) is 0 Å². The van der Waals surface area contributed by atoms with Crippen molar-refractivity contribution in [2.75, 3.05) is 26.3 Å². The highest BCUT2D eigenvalue weighted by Crippen LogP contribution is 2.18. The van der Waals surface area contributed by atoms with Crippen molar-refractivity contribution in [1.82, 2.24) is 4.90 Å². The van der Waals surface area contributed by atoms with E-state index < -0.39 is 24.4 Å². The fourth-order valence-corrected chi connectivity index (χ4v) is 1.76. The summed E-state index contributed by atoms with van der Waals surface area (Å²) in [6.07, 6.45) is -3.46. The molecule has 0 aromatic rings. The number of nitrogens with zero attached hydrogens (tertiary/aromatic N) is 1. The summed E-state index contributed by atoms with van der Waals surface area (Å²) in [6, 6.07) is -0.624. The third kappa shape index (κ3) is 2.22. The molecule has 0 aromatic heterocycles. The van der Waals surface area contributed by atoms with E-state index in [9.17, 15) is 15.3 Å². The Morgan fingerprint density at radius 2 is 1.71 bits per heavy atom. The van der Waals surface area contributed by atoms with Crippen LogP contribution in [0, 0.1) is 0 Å². The summed E-state index contributed by atoms with van der Waals surface area (Å²) < 4.78 is 0. The van der Waals surface area contributed by atoms with E-state index in [0.29, 0.717) is 0 Å². The molecular formula is C8H17NO5. The molecule has 6 nitrogen and oxygen atoms in total.